The van der Waals surface area contributed by atoms with Crippen molar-refractivity contribution >= 4 is 44.2 Å². The Kier molecular flexibility index (Phi) is 4.23. The molecule has 5 nitrogen and oxygen atoms in total. The highest BCUT2D eigenvalue weighted by atomic mass is 35.5. The SMILES string of the molecule is Cc1cccc2sc(NC(=O)c3cc(Cl)c4c(c3)OCCCO4)nc12. The molecule has 0 fully saturated rings. The second-order valence-corrected chi connectivity index (χ2v) is 7.17. The van der Waals surface area contributed by atoms with Gasteiger partial charge in [0.05, 0.1) is 28.5 Å². The molecule has 25 heavy (non-hydrogen) atoms. The van der Waals surface area contributed by atoms with Gasteiger partial charge in [0.15, 0.2) is 16.6 Å². The third-order valence-corrected chi connectivity index (χ3v) is 5.12. The molecule has 1 amide bonds. The van der Waals surface area contributed by atoms with Crippen molar-refractivity contribution in [1.82, 2.24) is 4.98 Å². The van der Waals surface area contributed by atoms with Crippen molar-refractivity contribution in [2.75, 3.05) is 18.5 Å². The number of ether oxygens (including phenoxy) is 2. The van der Waals surface area contributed by atoms with Gasteiger partial charge in [-0.3, -0.25) is 10.1 Å². The van der Waals surface area contributed by atoms with Gasteiger partial charge in [0.25, 0.3) is 5.91 Å². The minimum atomic E-state index is -0.283. The maximum Gasteiger partial charge on any atom is 0.257 e. The molecule has 2 heterocycles. The number of para-hydroxylation sites is 1. The zero-order valence-corrected chi connectivity index (χ0v) is 15.0. The molecule has 0 unspecified atom stereocenters. The van der Waals surface area contributed by atoms with E-state index in [4.69, 9.17) is 21.1 Å². The second-order valence-electron chi connectivity index (χ2n) is 5.73. The van der Waals surface area contributed by atoms with E-state index in [1.165, 1.54) is 11.3 Å². The molecule has 0 atom stereocenters. The number of aromatic nitrogens is 1. The second kappa shape index (κ2) is 6.54. The summed E-state index contributed by atoms with van der Waals surface area (Å²) in [4.78, 5) is 17.1. The number of rotatable bonds is 2. The molecule has 2 aromatic carbocycles. The normalized spacial score (nSPS) is 13.5. The van der Waals surface area contributed by atoms with Gasteiger partial charge in [0.2, 0.25) is 0 Å². The number of carbonyl (C=O) groups excluding carboxylic acids is 1. The van der Waals surface area contributed by atoms with Crippen molar-refractivity contribution in [2.24, 2.45) is 0 Å². The number of anilines is 1. The molecule has 1 aliphatic heterocycles. The van der Waals surface area contributed by atoms with Crippen LogP contribution in [-0.4, -0.2) is 24.1 Å². The lowest BCUT2D eigenvalue weighted by Gasteiger charge is -2.11. The van der Waals surface area contributed by atoms with Gasteiger partial charge in [-0.1, -0.05) is 35.1 Å². The Balaban J connectivity index is 1.63. The molecule has 128 valence electrons. The highest BCUT2D eigenvalue weighted by Gasteiger charge is 2.19. The molecule has 0 spiro atoms. The standard InChI is InChI=1S/C18H15ClN2O3S/c1-10-4-2-5-14-15(10)20-18(25-14)21-17(22)11-8-12(19)16-13(9-11)23-6-3-7-24-16/h2,4-5,8-9H,3,6-7H2,1H3,(H,20,21,22). The molecule has 3 aromatic rings. The van der Waals surface area contributed by atoms with Gasteiger partial charge in [0, 0.05) is 12.0 Å². The van der Waals surface area contributed by atoms with Crippen molar-refractivity contribution in [3.05, 3.63) is 46.5 Å². The van der Waals surface area contributed by atoms with E-state index in [1.54, 1.807) is 12.1 Å². The summed E-state index contributed by atoms with van der Waals surface area (Å²) in [5.74, 6) is 0.705. The Labute approximate surface area is 153 Å². The number of benzene rings is 2. The molecule has 1 aliphatic rings. The van der Waals surface area contributed by atoms with Gasteiger partial charge in [-0.05, 0) is 30.7 Å². The van der Waals surface area contributed by atoms with Crippen LogP contribution in [-0.2, 0) is 0 Å². The summed E-state index contributed by atoms with van der Waals surface area (Å²) in [5, 5.41) is 3.76. The van der Waals surface area contributed by atoms with Crippen molar-refractivity contribution < 1.29 is 14.3 Å². The van der Waals surface area contributed by atoms with E-state index in [1.807, 2.05) is 25.1 Å². The molecule has 1 aromatic heterocycles. The third-order valence-electron chi connectivity index (χ3n) is 3.91. The van der Waals surface area contributed by atoms with Crippen molar-refractivity contribution in [3.8, 4) is 11.5 Å². The smallest absolute Gasteiger partial charge is 0.257 e. The Morgan fingerprint density at radius 3 is 2.96 bits per heavy atom. The van der Waals surface area contributed by atoms with Gasteiger partial charge >= 0.3 is 0 Å². The van der Waals surface area contributed by atoms with Crippen LogP contribution in [0.15, 0.2) is 30.3 Å². The van der Waals surface area contributed by atoms with E-state index >= 15 is 0 Å². The fourth-order valence-electron chi connectivity index (χ4n) is 2.67. The molecule has 0 radical (unpaired) electrons. The largest absolute Gasteiger partial charge is 0.489 e. The fourth-order valence-corrected chi connectivity index (χ4v) is 3.87. The highest BCUT2D eigenvalue weighted by molar-refractivity contribution is 7.22. The first-order chi connectivity index (χ1) is 12.1. The van der Waals surface area contributed by atoms with E-state index < -0.39 is 0 Å². The number of amides is 1. The monoisotopic (exact) mass is 374 g/mol. The van der Waals surface area contributed by atoms with Crippen LogP contribution in [0, 0.1) is 6.92 Å². The number of hydrogen-bond donors (Lipinski definition) is 1. The Bertz CT molecular complexity index is 970. The van der Waals surface area contributed by atoms with Gasteiger partial charge in [-0.15, -0.1) is 0 Å². The van der Waals surface area contributed by atoms with Gasteiger partial charge in [-0.25, -0.2) is 4.98 Å². The van der Waals surface area contributed by atoms with Crippen LogP contribution >= 0.6 is 22.9 Å². The summed E-state index contributed by atoms with van der Waals surface area (Å²) in [5.41, 5.74) is 2.39. The van der Waals surface area contributed by atoms with E-state index in [9.17, 15) is 4.79 Å². The zero-order chi connectivity index (χ0) is 17.4. The summed E-state index contributed by atoms with van der Waals surface area (Å²) in [6.45, 7) is 3.08. The van der Waals surface area contributed by atoms with Gasteiger partial charge in [0.1, 0.15) is 0 Å². The Hall–Kier alpha value is -2.31. The van der Waals surface area contributed by atoms with Crippen LogP contribution in [0.2, 0.25) is 5.02 Å². The molecule has 7 heteroatoms. The van der Waals surface area contributed by atoms with Crippen LogP contribution in [0.1, 0.15) is 22.3 Å². The van der Waals surface area contributed by atoms with Crippen molar-refractivity contribution in [1.29, 1.82) is 0 Å². The maximum atomic E-state index is 12.6. The third kappa shape index (κ3) is 3.15. The first-order valence-electron chi connectivity index (χ1n) is 7.88. The number of hydrogen-bond acceptors (Lipinski definition) is 5. The fraction of sp³-hybridized carbons (Fsp3) is 0.222. The number of fused-ring (bicyclic) bond motifs is 2. The van der Waals surface area contributed by atoms with E-state index in [-0.39, 0.29) is 5.91 Å². The van der Waals surface area contributed by atoms with E-state index in [0.29, 0.717) is 40.4 Å². The maximum absolute atomic E-state index is 12.6. The number of aryl methyl sites for hydroxylation is 1. The van der Waals surface area contributed by atoms with Gasteiger partial charge < -0.3 is 9.47 Å². The minimum Gasteiger partial charge on any atom is -0.489 e. The van der Waals surface area contributed by atoms with Crippen LogP contribution in [0.5, 0.6) is 11.5 Å². The summed E-state index contributed by atoms with van der Waals surface area (Å²) in [7, 11) is 0. The predicted octanol–water partition coefficient (Wildman–Crippen LogP) is 4.67. The minimum absolute atomic E-state index is 0.283. The lowest BCUT2D eigenvalue weighted by molar-refractivity contribution is 0.102. The molecule has 4 rings (SSSR count). The quantitative estimate of drug-likeness (QED) is 0.708. The first-order valence-corrected chi connectivity index (χ1v) is 9.08. The summed E-state index contributed by atoms with van der Waals surface area (Å²) in [6, 6.07) is 9.20. The van der Waals surface area contributed by atoms with Crippen LogP contribution in [0.25, 0.3) is 10.2 Å². The number of halogens is 1. The molecule has 0 saturated heterocycles. The summed E-state index contributed by atoms with van der Waals surface area (Å²) < 4.78 is 12.3. The highest BCUT2D eigenvalue weighted by Crippen LogP contribution is 2.38. The van der Waals surface area contributed by atoms with E-state index in [2.05, 4.69) is 10.3 Å². The number of carbonyl (C=O) groups is 1. The van der Waals surface area contributed by atoms with Crippen LogP contribution < -0.4 is 14.8 Å². The Morgan fingerprint density at radius 2 is 2.12 bits per heavy atom. The zero-order valence-electron chi connectivity index (χ0n) is 13.5. The van der Waals surface area contributed by atoms with E-state index in [0.717, 1.165) is 22.2 Å². The predicted molar refractivity (Wildman–Crippen MR) is 99.4 cm³/mol. The summed E-state index contributed by atoms with van der Waals surface area (Å²) >= 11 is 7.69. The lowest BCUT2D eigenvalue weighted by Crippen LogP contribution is -2.12. The Morgan fingerprint density at radius 1 is 1.28 bits per heavy atom. The van der Waals surface area contributed by atoms with Crippen LogP contribution in [0.4, 0.5) is 5.13 Å². The summed E-state index contributed by atoms with van der Waals surface area (Å²) in [6.07, 6.45) is 0.775. The molecule has 0 saturated carbocycles. The van der Waals surface area contributed by atoms with Crippen molar-refractivity contribution in [2.45, 2.75) is 13.3 Å². The lowest BCUT2D eigenvalue weighted by atomic mass is 10.2. The average Bonchev–Trinajstić information content (AvgIpc) is 2.84. The topological polar surface area (TPSA) is 60.5 Å². The number of nitrogens with one attached hydrogen (secondary N) is 1. The molecular formula is C18H15ClN2O3S. The van der Waals surface area contributed by atoms with Crippen molar-refractivity contribution in [3.63, 3.8) is 0 Å². The van der Waals surface area contributed by atoms with Gasteiger partial charge in [-0.2, -0.15) is 0 Å². The molecule has 1 N–H and O–H groups in total. The number of nitrogens with zero attached hydrogens (tertiary/aromatic N) is 1. The number of thiazole rings is 1. The average molecular weight is 375 g/mol. The van der Waals surface area contributed by atoms with Crippen LogP contribution in [0.3, 0.4) is 0 Å². The molecular weight excluding hydrogens is 360 g/mol. The molecule has 0 bridgehead atoms. The first kappa shape index (κ1) is 16.2. The molecule has 0 aliphatic carbocycles.